The Morgan fingerprint density at radius 3 is 2.59 bits per heavy atom. The summed E-state index contributed by atoms with van der Waals surface area (Å²) in [6.45, 7) is 0.574. The number of fused-ring (bicyclic) bond motifs is 1. The van der Waals surface area contributed by atoms with E-state index in [0.717, 1.165) is 5.56 Å². The topological polar surface area (TPSA) is 116 Å². The molecule has 34 heavy (non-hydrogen) atoms. The summed E-state index contributed by atoms with van der Waals surface area (Å²) >= 11 is 1.27. The van der Waals surface area contributed by atoms with Gasteiger partial charge >= 0.3 is 0 Å². The lowest BCUT2D eigenvalue weighted by Crippen LogP contribution is -2.49. The van der Waals surface area contributed by atoms with Crippen molar-refractivity contribution in [3.05, 3.63) is 78.6 Å². The second-order valence-electron chi connectivity index (χ2n) is 7.62. The molecule has 5 rings (SSSR count). The van der Waals surface area contributed by atoms with Crippen LogP contribution in [0.3, 0.4) is 0 Å². The van der Waals surface area contributed by atoms with E-state index in [1.807, 2.05) is 47.0 Å². The molecule has 10 heteroatoms. The fourth-order valence-corrected chi connectivity index (χ4v) is 4.53. The number of furan rings is 1. The van der Waals surface area contributed by atoms with E-state index in [0.29, 0.717) is 34.7 Å². The van der Waals surface area contributed by atoms with Gasteiger partial charge in [0, 0.05) is 0 Å². The van der Waals surface area contributed by atoms with Crippen LogP contribution < -0.4 is 15.4 Å². The van der Waals surface area contributed by atoms with Crippen molar-refractivity contribution in [2.24, 2.45) is 5.73 Å². The van der Waals surface area contributed by atoms with Crippen molar-refractivity contribution in [2.45, 2.75) is 17.8 Å². The summed E-state index contributed by atoms with van der Waals surface area (Å²) < 4.78 is 13.1. The van der Waals surface area contributed by atoms with Crippen LogP contribution in [0.2, 0.25) is 0 Å². The van der Waals surface area contributed by atoms with Gasteiger partial charge in [-0.1, -0.05) is 54.2 Å². The summed E-state index contributed by atoms with van der Waals surface area (Å²) in [5, 5.41) is 9.21. The van der Waals surface area contributed by atoms with Crippen LogP contribution in [0, 0.1) is 0 Å². The maximum Gasteiger partial charge on any atom is 0.260 e. The second kappa shape index (κ2) is 9.44. The molecule has 0 saturated heterocycles. The van der Waals surface area contributed by atoms with E-state index in [9.17, 15) is 9.59 Å². The number of para-hydroxylation sites is 2. The lowest BCUT2D eigenvalue weighted by Gasteiger charge is -2.33. The molecule has 3 heterocycles. The molecule has 0 fully saturated rings. The Morgan fingerprint density at radius 2 is 1.82 bits per heavy atom. The largest absolute Gasteiger partial charge is 0.477 e. The number of nitrogens with two attached hydrogens (primary N) is 1. The number of hydrogen-bond acceptors (Lipinski definition) is 7. The van der Waals surface area contributed by atoms with Gasteiger partial charge in [0.2, 0.25) is 11.7 Å². The minimum atomic E-state index is -0.906. The van der Waals surface area contributed by atoms with Crippen LogP contribution in [0.15, 0.2) is 82.6 Å². The standard InChI is InChI=1S/C24H21N5O4S/c25-22(31)20-14-28(17-9-4-5-10-18(17)33-20)21(30)15-34-24-27-26-23(19-11-6-12-32-19)29(24)13-16-7-2-1-3-8-16/h1-12,20H,13-15H2,(H2,25,31)/t20-/m1/s1. The number of hydrogen-bond donors (Lipinski definition) is 1. The van der Waals surface area contributed by atoms with Crippen molar-refractivity contribution in [3.63, 3.8) is 0 Å². The molecule has 1 aliphatic heterocycles. The van der Waals surface area contributed by atoms with Crippen LogP contribution in [-0.2, 0) is 16.1 Å². The van der Waals surface area contributed by atoms with E-state index in [1.54, 1.807) is 30.5 Å². The van der Waals surface area contributed by atoms with Gasteiger partial charge in [0.25, 0.3) is 5.91 Å². The number of aromatic nitrogens is 3. The molecule has 2 N–H and O–H groups in total. The van der Waals surface area contributed by atoms with E-state index in [2.05, 4.69) is 10.2 Å². The molecule has 0 saturated carbocycles. The second-order valence-corrected chi connectivity index (χ2v) is 8.57. The molecule has 0 bridgehead atoms. The Hall–Kier alpha value is -4.05. The number of anilines is 1. The number of benzene rings is 2. The van der Waals surface area contributed by atoms with Gasteiger partial charge in [-0.15, -0.1) is 10.2 Å². The summed E-state index contributed by atoms with van der Waals surface area (Å²) in [7, 11) is 0. The van der Waals surface area contributed by atoms with Crippen LogP contribution >= 0.6 is 11.8 Å². The highest BCUT2D eigenvalue weighted by Gasteiger charge is 2.32. The average molecular weight is 476 g/mol. The summed E-state index contributed by atoms with van der Waals surface area (Å²) in [4.78, 5) is 26.5. The fraction of sp³-hybridized carbons (Fsp3) is 0.167. The van der Waals surface area contributed by atoms with Crippen LogP contribution in [0.4, 0.5) is 5.69 Å². The molecule has 2 amide bonds. The summed E-state index contributed by atoms with van der Waals surface area (Å²) in [6, 6.07) is 20.6. The lowest BCUT2D eigenvalue weighted by atomic mass is 10.2. The molecule has 0 aliphatic carbocycles. The first-order valence-corrected chi connectivity index (χ1v) is 11.6. The van der Waals surface area contributed by atoms with E-state index < -0.39 is 12.0 Å². The normalized spacial score (nSPS) is 14.9. The Balaban J connectivity index is 1.39. The Morgan fingerprint density at radius 1 is 1.03 bits per heavy atom. The zero-order chi connectivity index (χ0) is 23.5. The van der Waals surface area contributed by atoms with E-state index in [-0.39, 0.29) is 18.2 Å². The van der Waals surface area contributed by atoms with Gasteiger partial charge in [0.05, 0.1) is 30.8 Å². The van der Waals surface area contributed by atoms with Gasteiger partial charge in [-0.3, -0.25) is 14.2 Å². The number of thioether (sulfide) groups is 1. The summed E-state index contributed by atoms with van der Waals surface area (Å²) in [5.74, 6) is 0.891. The highest BCUT2D eigenvalue weighted by atomic mass is 32.2. The van der Waals surface area contributed by atoms with E-state index >= 15 is 0 Å². The maximum atomic E-state index is 13.2. The summed E-state index contributed by atoms with van der Waals surface area (Å²) in [6.07, 6.45) is 0.675. The van der Waals surface area contributed by atoms with Crippen LogP contribution in [0.25, 0.3) is 11.6 Å². The minimum absolute atomic E-state index is 0.0556. The molecule has 172 valence electrons. The van der Waals surface area contributed by atoms with Crippen molar-refractivity contribution in [2.75, 3.05) is 17.2 Å². The van der Waals surface area contributed by atoms with Crippen molar-refractivity contribution >= 4 is 29.3 Å². The number of amides is 2. The predicted molar refractivity (Wildman–Crippen MR) is 126 cm³/mol. The molecule has 1 aliphatic rings. The first-order valence-electron chi connectivity index (χ1n) is 10.6. The number of carbonyl (C=O) groups excluding carboxylic acids is 2. The Kier molecular flexibility index (Phi) is 6.05. The molecule has 0 unspecified atom stereocenters. The van der Waals surface area contributed by atoms with Crippen molar-refractivity contribution in [1.82, 2.24) is 14.8 Å². The first-order chi connectivity index (χ1) is 16.6. The van der Waals surface area contributed by atoms with E-state index in [1.165, 1.54) is 16.7 Å². The van der Waals surface area contributed by atoms with E-state index in [4.69, 9.17) is 14.9 Å². The highest BCUT2D eigenvalue weighted by Crippen LogP contribution is 2.34. The zero-order valence-electron chi connectivity index (χ0n) is 18.0. The minimum Gasteiger partial charge on any atom is -0.477 e. The number of rotatable bonds is 7. The third-order valence-electron chi connectivity index (χ3n) is 5.36. The quantitative estimate of drug-likeness (QED) is 0.409. The molecular weight excluding hydrogens is 454 g/mol. The highest BCUT2D eigenvalue weighted by molar-refractivity contribution is 7.99. The number of carbonyl (C=O) groups is 2. The van der Waals surface area contributed by atoms with Crippen molar-refractivity contribution < 1.29 is 18.7 Å². The number of nitrogens with zero attached hydrogens (tertiary/aromatic N) is 4. The molecule has 9 nitrogen and oxygen atoms in total. The summed E-state index contributed by atoms with van der Waals surface area (Å²) in [5.41, 5.74) is 7.13. The van der Waals surface area contributed by atoms with Gasteiger partial charge < -0.3 is 19.8 Å². The number of ether oxygens (including phenoxy) is 1. The van der Waals surface area contributed by atoms with Gasteiger partial charge in [-0.25, -0.2) is 0 Å². The predicted octanol–water partition coefficient (Wildman–Crippen LogP) is 2.96. The molecule has 0 radical (unpaired) electrons. The van der Waals surface area contributed by atoms with Crippen LogP contribution in [0.5, 0.6) is 5.75 Å². The molecule has 2 aromatic heterocycles. The SMILES string of the molecule is NC(=O)[C@H]1CN(C(=O)CSc2nnc(-c3ccco3)n2Cc2ccccc2)c2ccccc2O1. The Labute approximate surface area is 199 Å². The third kappa shape index (κ3) is 4.40. The number of primary amides is 1. The fourth-order valence-electron chi connectivity index (χ4n) is 3.72. The third-order valence-corrected chi connectivity index (χ3v) is 6.31. The lowest BCUT2D eigenvalue weighted by molar-refractivity contribution is -0.125. The van der Waals surface area contributed by atoms with Crippen LogP contribution in [0.1, 0.15) is 5.56 Å². The Bertz CT molecular complexity index is 1310. The first kappa shape index (κ1) is 21.8. The molecule has 2 aromatic carbocycles. The molecule has 1 atom stereocenters. The van der Waals surface area contributed by atoms with Gasteiger partial charge in [0.15, 0.2) is 17.0 Å². The average Bonchev–Trinajstić information content (AvgIpc) is 3.52. The van der Waals surface area contributed by atoms with Crippen molar-refractivity contribution in [3.8, 4) is 17.3 Å². The van der Waals surface area contributed by atoms with Crippen LogP contribution in [-0.4, -0.2) is 45.0 Å². The maximum absolute atomic E-state index is 13.2. The van der Waals surface area contributed by atoms with Gasteiger partial charge in [0.1, 0.15) is 5.75 Å². The smallest absolute Gasteiger partial charge is 0.260 e. The van der Waals surface area contributed by atoms with Gasteiger partial charge in [-0.2, -0.15) is 0 Å². The monoisotopic (exact) mass is 475 g/mol. The molecule has 4 aromatic rings. The van der Waals surface area contributed by atoms with Crippen molar-refractivity contribution in [1.29, 1.82) is 0 Å². The van der Waals surface area contributed by atoms with Gasteiger partial charge in [-0.05, 0) is 29.8 Å². The molecular formula is C24H21N5O4S. The zero-order valence-corrected chi connectivity index (χ0v) is 18.9. The molecule has 0 spiro atoms.